The third-order valence-electron chi connectivity index (χ3n) is 5.11. The molecule has 0 spiro atoms. The Morgan fingerprint density at radius 2 is 1.78 bits per heavy atom. The van der Waals surface area contributed by atoms with E-state index in [-0.39, 0.29) is 30.1 Å². The van der Waals surface area contributed by atoms with E-state index in [1.807, 2.05) is 0 Å². The Balaban J connectivity index is 1.64. The van der Waals surface area contributed by atoms with E-state index in [4.69, 9.17) is 18.9 Å². The molecule has 1 aromatic carbocycles. The molecule has 1 aromatic rings. The number of aryl methyl sites for hydroxylation is 1. The van der Waals surface area contributed by atoms with Gasteiger partial charge in [-0.1, -0.05) is 0 Å². The van der Waals surface area contributed by atoms with Crippen LogP contribution in [0.15, 0.2) is 17.7 Å². The molecule has 3 aliphatic heterocycles. The number of benzene rings is 1. The first kappa shape index (κ1) is 22.7. The number of carbonyl (C=O) groups is 1. The number of aliphatic hydroxyl groups is 1. The topological polar surface area (TPSA) is 83.5 Å². The number of alkyl halides is 6. The molecule has 7 nitrogen and oxygen atoms in total. The molecule has 0 aromatic heterocycles. The standard InChI is InChI=1S/C19H16F6O7/c1-7-2-9(32-19(23,24)25)3-8-4-10(16(18(20,21)22)31-13(7)8)17(27)30-12-6-29-14-11(26)5-28-15(12)14/h2-4,11-12,14-16,26H,5-6H2,1H3/t11-,12+,14-,15-,16+/m1/s1. The van der Waals surface area contributed by atoms with E-state index in [9.17, 15) is 36.2 Å². The average Bonchev–Trinajstić information content (AvgIpc) is 3.22. The van der Waals surface area contributed by atoms with Gasteiger partial charge in [-0.15, -0.1) is 13.2 Å². The van der Waals surface area contributed by atoms with Gasteiger partial charge in [-0.2, -0.15) is 13.2 Å². The van der Waals surface area contributed by atoms with E-state index in [1.165, 1.54) is 6.92 Å². The molecule has 0 amide bonds. The smallest absolute Gasteiger partial charge is 0.475 e. The lowest BCUT2D eigenvalue weighted by Gasteiger charge is -2.30. The number of esters is 1. The van der Waals surface area contributed by atoms with Crippen LogP contribution in [0.25, 0.3) is 6.08 Å². The fourth-order valence-electron chi connectivity index (χ4n) is 3.81. The quantitative estimate of drug-likeness (QED) is 0.537. The van der Waals surface area contributed by atoms with Gasteiger partial charge in [-0.05, 0) is 30.7 Å². The van der Waals surface area contributed by atoms with Gasteiger partial charge < -0.3 is 28.8 Å². The van der Waals surface area contributed by atoms with Crippen LogP contribution in [0.3, 0.4) is 0 Å². The molecule has 0 bridgehead atoms. The van der Waals surface area contributed by atoms with E-state index in [0.717, 1.165) is 18.2 Å². The summed E-state index contributed by atoms with van der Waals surface area (Å²) >= 11 is 0. The Bertz CT molecular complexity index is 941. The molecule has 3 aliphatic rings. The molecule has 1 N–H and O–H groups in total. The highest BCUT2D eigenvalue weighted by atomic mass is 19.4. The summed E-state index contributed by atoms with van der Waals surface area (Å²) < 4.78 is 103. The Morgan fingerprint density at radius 3 is 2.44 bits per heavy atom. The van der Waals surface area contributed by atoms with E-state index >= 15 is 0 Å². The predicted molar refractivity (Wildman–Crippen MR) is 91.7 cm³/mol. The number of halogens is 6. The summed E-state index contributed by atoms with van der Waals surface area (Å²) in [6, 6.07) is 1.68. The van der Waals surface area contributed by atoms with Crippen molar-refractivity contribution in [1.82, 2.24) is 0 Å². The van der Waals surface area contributed by atoms with Crippen molar-refractivity contribution >= 4 is 12.0 Å². The van der Waals surface area contributed by atoms with Gasteiger partial charge in [0.1, 0.15) is 29.8 Å². The SMILES string of the molecule is Cc1cc(OC(F)(F)F)cc2c1O[C@H](C(F)(F)F)C(C(=O)O[C@H]1CO[C@H]3[C@@H]1OC[C@H]3O)=C2. The first-order chi connectivity index (χ1) is 14.8. The van der Waals surface area contributed by atoms with Gasteiger partial charge in [-0.25, -0.2) is 4.79 Å². The van der Waals surface area contributed by atoms with Crippen molar-refractivity contribution in [2.24, 2.45) is 0 Å². The summed E-state index contributed by atoms with van der Waals surface area (Å²) in [6.45, 7) is 0.947. The molecule has 0 unspecified atom stereocenters. The van der Waals surface area contributed by atoms with Crippen molar-refractivity contribution in [3.05, 3.63) is 28.8 Å². The molecular weight excluding hydrogens is 454 g/mol. The van der Waals surface area contributed by atoms with E-state index < -0.39 is 60.4 Å². The van der Waals surface area contributed by atoms with Gasteiger partial charge in [-0.3, -0.25) is 0 Å². The maximum absolute atomic E-state index is 13.6. The zero-order chi connectivity index (χ0) is 23.4. The number of ether oxygens (including phenoxy) is 5. The molecule has 3 heterocycles. The molecule has 2 saturated heterocycles. The Hall–Kier alpha value is -2.51. The summed E-state index contributed by atoms with van der Waals surface area (Å²) in [5.41, 5.74) is -1.24. The minimum absolute atomic E-state index is 0.0555. The second-order valence-corrected chi connectivity index (χ2v) is 7.45. The summed E-state index contributed by atoms with van der Waals surface area (Å²) in [5.74, 6) is -2.44. The van der Waals surface area contributed by atoms with E-state index in [0.29, 0.717) is 0 Å². The van der Waals surface area contributed by atoms with Crippen molar-refractivity contribution < 1.29 is 59.9 Å². The molecule has 176 valence electrons. The molecule has 4 rings (SSSR count). The molecular formula is C19H16F6O7. The number of hydrogen-bond acceptors (Lipinski definition) is 7. The van der Waals surface area contributed by atoms with Crippen LogP contribution >= 0.6 is 0 Å². The van der Waals surface area contributed by atoms with Crippen molar-refractivity contribution in [1.29, 1.82) is 0 Å². The molecule has 32 heavy (non-hydrogen) atoms. The Morgan fingerprint density at radius 1 is 1.09 bits per heavy atom. The number of aliphatic hydroxyl groups excluding tert-OH is 1. The minimum atomic E-state index is -5.03. The fraction of sp³-hybridized carbons (Fsp3) is 0.526. The Labute approximate surface area is 176 Å². The zero-order valence-electron chi connectivity index (χ0n) is 16.2. The van der Waals surface area contributed by atoms with E-state index in [2.05, 4.69) is 4.74 Å². The third-order valence-corrected chi connectivity index (χ3v) is 5.11. The molecule has 0 aliphatic carbocycles. The molecule has 5 atom stereocenters. The summed E-state index contributed by atoms with van der Waals surface area (Å²) in [4.78, 5) is 12.6. The lowest BCUT2D eigenvalue weighted by Crippen LogP contribution is -2.42. The number of hydrogen-bond donors (Lipinski definition) is 1. The maximum Gasteiger partial charge on any atom is 0.573 e. The van der Waals surface area contributed by atoms with Crippen molar-refractivity contribution in [3.63, 3.8) is 0 Å². The lowest BCUT2D eigenvalue weighted by molar-refractivity contribution is -0.274. The van der Waals surface area contributed by atoms with Gasteiger partial charge in [0.25, 0.3) is 0 Å². The predicted octanol–water partition coefficient (Wildman–Crippen LogP) is 2.67. The zero-order valence-corrected chi connectivity index (χ0v) is 16.2. The monoisotopic (exact) mass is 470 g/mol. The highest BCUT2D eigenvalue weighted by Gasteiger charge is 2.52. The molecule has 2 fully saturated rings. The number of carbonyl (C=O) groups excluding carboxylic acids is 1. The van der Waals surface area contributed by atoms with Crippen LogP contribution in [0.5, 0.6) is 11.5 Å². The van der Waals surface area contributed by atoms with Crippen LogP contribution < -0.4 is 9.47 Å². The normalized spacial score (nSPS) is 29.6. The summed E-state index contributed by atoms with van der Waals surface area (Å²) in [6.07, 6.45) is -15.7. The average molecular weight is 470 g/mol. The lowest BCUT2D eigenvalue weighted by atomic mass is 9.98. The summed E-state index contributed by atoms with van der Waals surface area (Å²) in [5, 5.41) is 9.73. The van der Waals surface area contributed by atoms with Gasteiger partial charge in [0.05, 0.1) is 18.8 Å². The van der Waals surface area contributed by atoms with Crippen LogP contribution in [0.1, 0.15) is 11.1 Å². The van der Waals surface area contributed by atoms with Crippen LogP contribution in [0.4, 0.5) is 26.3 Å². The van der Waals surface area contributed by atoms with Gasteiger partial charge in [0.2, 0.25) is 6.10 Å². The fourth-order valence-corrected chi connectivity index (χ4v) is 3.81. The van der Waals surface area contributed by atoms with Crippen molar-refractivity contribution in [3.8, 4) is 11.5 Å². The minimum Gasteiger partial charge on any atom is -0.475 e. The largest absolute Gasteiger partial charge is 0.573 e. The van der Waals surface area contributed by atoms with Gasteiger partial charge in [0, 0.05) is 5.56 Å². The van der Waals surface area contributed by atoms with Crippen LogP contribution in [-0.4, -0.2) is 67.3 Å². The molecule has 13 heteroatoms. The van der Waals surface area contributed by atoms with Gasteiger partial charge in [0.15, 0.2) is 6.10 Å². The van der Waals surface area contributed by atoms with Crippen LogP contribution in [0.2, 0.25) is 0 Å². The molecule has 0 saturated carbocycles. The van der Waals surface area contributed by atoms with Gasteiger partial charge >= 0.3 is 18.5 Å². The second kappa shape index (κ2) is 7.81. The first-order valence-electron chi connectivity index (χ1n) is 9.31. The van der Waals surface area contributed by atoms with Crippen LogP contribution in [-0.2, 0) is 19.0 Å². The number of rotatable bonds is 3. The van der Waals surface area contributed by atoms with E-state index in [1.54, 1.807) is 0 Å². The van der Waals surface area contributed by atoms with Crippen molar-refractivity contribution in [2.45, 2.75) is 50.0 Å². The first-order valence-corrected chi connectivity index (χ1v) is 9.31. The highest BCUT2D eigenvalue weighted by molar-refractivity contribution is 5.96. The maximum atomic E-state index is 13.6. The van der Waals surface area contributed by atoms with Crippen molar-refractivity contribution in [2.75, 3.05) is 13.2 Å². The Kier molecular flexibility index (Phi) is 5.54. The second-order valence-electron chi connectivity index (χ2n) is 7.45. The molecule has 0 radical (unpaired) electrons. The third kappa shape index (κ3) is 4.36. The summed E-state index contributed by atoms with van der Waals surface area (Å²) in [7, 11) is 0. The highest BCUT2D eigenvalue weighted by Crippen LogP contribution is 2.42. The van der Waals surface area contributed by atoms with Crippen LogP contribution in [0, 0.1) is 6.92 Å². The number of fused-ring (bicyclic) bond motifs is 2.